The number of rotatable bonds is 6. The van der Waals surface area contributed by atoms with Gasteiger partial charge in [0.1, 0.15) is 22.9 Å². The Kier molecular flexibility index (Phi) is 4.29. The van der Waals surface area contributed by atoms with Crippen molar-refractivity contribution in [1.82, 2.24) is 14.7 Å². The maximum absolute atomic E-state index is 12.3. The lowest BCUT2D eigenvalue weighted by Gasteiger charge is -2.07. The molecule has 0 bridgehead atoms. The molecular formula is C17H15N3O3S2. The van der Waals surface area contributed by atoms with E-state index in [9.17, 15) is 4.79 Å². The van der Waals surface area contributed by atoms with Gasteiger partial charge in [0.2, 0.25) is 0 Å². The van der Waals surface area contributed by atoms with Crippen molar-refractivity contribution in [1.29, 1.82) is 0 Å². The smallest absolute Gasteiger partial charge is 0.261 e. The first-order valence-electron chi connectivity index (χ1n) is 7.65. The number of nitrogens with one attached hydrogen (secondary N) is 1. The summed E-state index contributed by atoms with van der Waals surface area (Å²) in [4.78, 5) is 19.3. The molecule has 3 heterocycles. The molecule has 0 saturated heterocycles. The third-order valence-corrected chi connectivity index (χ3v) is 5.45. The average molecular weight is 373 g/mol. The Hall–Kier alpha value is -2.58. The first-order valence-corrected chi connectivity index (χ1v) is 9.34. The maximum atomic E-state index is 12.3. The fourth-order valence-corrected chi connectivity index (χ4v) is 4.17. The molecule has 1 aromatic carbocycles. The highest BCUT2D eigenvalue weighted by Gasteiger charge is 2.14. The molecule has 1 amide bonds. The minimum Gasteiger partial charge on any atom is -0.497 e. The molecule has 8 heteroatoms. The van der Waals surface area contributed by atoms with Crippen LogP contribution in [0.15, 0.2) is 41.9 Å². The molecule has 25 heavy (non-hydrogen) atoms. The molecular weight excluding hydrogens is 358 g/mol. The van der Waals surface area contributed by atoms with Crippen LogP contribution in [0.5, 0.6) is 11.5 Å². The van der Waals surface area contributed by atoms with E-state index >= 15 is 0 Å². The van der Waals surface area contributed by atoms with Crippen molar-refractivity contribution in [2.45, 2.75) is 0 Å². The average Bonchev–Trinajstić information content (AvgIpc) is 3.31. The predicted octanol–water partition coefficient (Wildman–Crippen LogP) is 3.43. The second-order valence-electron chi connectivity index (χ2n) is 5.25. The van der Waals surface area contributed by atoms with Crippen molar-refractivity contribution < 1.29 is 14.3 Å². The Bertz CT molecular complexity index is 1020. The zero-order valence-electron chi connectivity index (χ0n) is 13.4. The van der Waals surface area contributed by atoms with Gasteiger partial charge in [0, 0.05) is 11.6 Å². The van der Waals surface area contributed by atoms with E-state index in [0.717, 1.165) is 26.8 Å². The SMILES string of the molecule is COc1ccc(OCCNC(=O)c2cc3c(nc4sccn43)s2)cc1. The second-order valence-corrected chi connectivity index (χ2v) is 7.15. The molecule has 0 unspecified atom stereocenters. The van der Waals surface area contributed by atoms with Crippen LogP contribution in [0.4, 0.5) is 0 Å². The van der Waals surface area contributed by atoms with E-state index in [1.54, 1.807) is 18.4 Å². The van der Waals surface area contributed by atoms with Gasteiger partial charge in [-0.2, -0.15) is 0 Å². The summed E-state index contributed by atoms with van der Waals surface area (Å²) in [6.45, 7) is 0.832. The fourth-order valence-electron chi connectivity index (χ4n) is 2.45. The second kappa shape index (κ2) is 6.73. The molecule has 0 aliphatic carbocycles. The molecule has 0 atom stereocenters. The fraction of sp³-hybridized carbons (Fsp3) is 0.176. The molecule has 0 aliphatic rings. The number of amides is 1. The van der Waals surface area contributed by atoms with E-state index in [2.05, 4.69) is 10.3 Å². The summed E-state index contributed by atoms with van der Waals surface area (Å²) in [7, 11) is 1.62. The quantitative estimate of drug-likeness (QED) is 0.526. The number of carbonyl (C=O) groups is 1. The Morgan fingerprint density at radius 1 is 1.28 bits per heavy atom. The lowest BCUT2D eigenvalue weighted by molar-refractivity contribution is 0.0951. The molecule has 0 aliphatic heterocycles. The lowest BCUT2D eigenvalue weighted by Crippen LogP contribution is -2.27. The molecule has 1 N–H and O–H groups in total. The number of hydrogen-bond donors (Lipinski definition) is 1. The van der Waals surface area contributed by atoms with E-state index < -0.39 is 0 Å². The molecule has 0 saturated carbocycles. The zero-order valence-corrected chi connectivity index (χ0v) is 15.0. The van der Waals surface area contributed by atoms with Crippen molar-refractivity contribution in [3.8, 4) is 11.5 Å². The van der Waals surface area contributed by atoms with E-state index in [0.29, 0.717) is 18.0 Å². The van der Waals surface area contributed by atoms with Crippen molar-refractivity contribution >= 4 is 43.9 Å². The first-order chi connectivity index (χ1) is 12.2. The van der Waals surface area contributed by atoms with Crippen LogP contribution in [0, 0.1) is 0 Å². The van der Waals surface area contributed by atoms with Gasteiger partial charge in [-0.25, -0.2) is 4.98 Å². The van der Waals surface area contributed by atoms with Crippen LogP contribution in [0.25, 0.3) is 15.3 Å². The van der Waals surface area contributed by atoms with Crippen molar-refractivity contribution in [3.63, 3.8) is 0 Å². The lowest BCUT2D eigenvalue weighted by atomic mass is 10.3. The highest BCUT2D eigenvalue weighted by molar-refractivity contribution is 7.21. The normalized spacial score (nSPS) is 11.1. The molecule has 128 valence electrons. The summed E-state index contributed by atoms with van der Waals surface area (Å²) in [6.07, 6.45) is 1.96. The molecule has 4 aromatic rings. The summed E-state index contributed by atoms with van der Waals surface area (Å²) >= 11 is 2.98. The van der Waals surface area contributed by atoms with E-state index in [4.69, 9.17) is 9.47 Å². The molecule has 6 nitrogen and oxygen atoms in total. The largest absolute Gasteiger partial charge is 0.497 e. The van der Waals surface area contributed by atoms with Crippen LogP contribution < -0.4 is 14.8 Å². The number of aromatic nitrogens is 2. The number of fused-ring (bicyclic) bond motifs is 3. The van der Waals surface area contributed by atoms with Gasteiger partial charge in [-0.15, -0.1) is 22.7 Å². The topological polar surface area (TPSA) is 64.9 Å². The molecule has 0 spiro atoms. The van der Waals surface area contributed by atoms with Crippen LogP contribution in [0.2, 0.25) is 0 Å². The highest BCUT2D eigenvalue weighted by atomic mass is 32.1. The minimum atomic E-state index is -0.106. The van der Waals surface area contributed by atoms with E-state index in [-0.39, 0.29) is 5.91 Å². The van der Waals surface area contributed by atoms with Crippen LogP contribution in [-0.4, -0.2) is 35.6 Å². The van der Waals surface area contributed by atoms with Crippen LogP contribution >= 0.6 is 22.7 Å². The van der Waals surface area contributed by atoms with Crippen LogP contribution in [0.1, 0.15) is 9.67 Å². The number of methoxy groups -OCH3 is 1. The molecule has 3 aromatic heterocycles. The van der Waals surface area contributed by atoms with Gasteiger partial charge in [0.15, 0.2) is 4.96 Å². The van der Waals surface area contributed by atoms with Gasteiger partial charge in [0.25, 0.3) is 5.91 Å². The third-order valence-electron chi connectivity index (χ3n) is 3.68. The van der Waals surface area contributed by atoms with Crippen LogP contribution in [0.3, 0.4) is 0 Å². The zero-order chi connectivity index (χ0) is 17.2. The number of ether oxygens (including phenoxy) is 2. The van der Waals surface area contributed by atoms with Crippen molar-refractivity contribution in [2.24, 2.45) is 0 Å². The minimum absolute atomic E-state index is 0.106. The number of benzene rings is 1. The summed E-state index contributed by atoms with van der Waals surface area (Å²) < 4.78 is 12.7. The summed E-state index contributed by atoms with van der Waals surface area (Å²) in [6, 6.07) is 9.22. The van der Waals surface area contributed by atoms with Gasteiger partial charge in [-0.05, 0) is 30.3 Å². The number of nitrogens with zero attached hydrogens (tertiary/aromatic N) is 2. The first kappa shape index (κ1) is 15.9. The summed E-state index contributed by atoms with van der Waals surface area (Å²) in [5.41, 5.74) is 0.973. The standard InChI is InChI=1S/C17H15N3O3S2/c1-22-11-2-4-12(5-3-11)23-8-6-18-15(21)14-10-13-16(25-14)19-17-20(13)7-9-24-17/h2-5,7,9-10H,6,8H2,1H3,(H,18,21). The van der Waals surface area contributed by atoms with Gasteiger partial charge < -0.3 is 14.8 Å². The van der Waals surface area contributed by atoms with Gasteiger partial charge >= 0.3 is 0 Å². The number of thiophene rings is 1. The summed E-state index contributed by atoms with van der Waals surface area (Å²) in [5, 5.41) is 4.85. The Morgan fingerprint density at radius 2 is 2.08 bits per heavy atom. The Labute approximate surface area is 151 Å². The number of carbonyl (C=O) groups excluding carboxylic acids is 1. The van der Waals surface area contributed by atoms with Gasteiger partial charge in [0.05, 0.1) is 24.0 Å². The van der Waals surface area contributed by atoms with Crippen molar-refractivity contribution in [3.05, 3.63) is 46.8 Å². The van der Waals surface area contributed by atoms with Crippen LogP contribution in [-0.2, 0) is 0 Å². The number of hydrogen-bond acceptors (Lipinski definition) is 6. The Morgan fingerprint density at radius 3 is 2.88 bits per heavy atom. The highest BCUT2D eigenvalue weighted by Crippen LogP contribution is 2.28. The molecule has 0 radical (unpaired) electrons. The number of imidazole rings is 1. The summed E-state index contributed by atoms with van der Waals surface area (Å²) in [5.74, 6) is 1.42. The monoisotopic (exact) mass is 373 g/mol. The molecule has 0 fully saturated rings. The Balaban J connectivity index is 1.33. The van der Waals surface area contributed by atoms with E-state index in [1.807, 2.05) is 46.3 Å². The number of thiazole rings is 1. The van der Waals surface area contributed by atoms with Gasteiger partial charge in [-0.1, -0.05) is 0 Å². The predicted molar refractivity (Wildman–Crippen MR) is 99.3 cm³/mol. The molecule has 4 rings (SSSR count). The third kappa shape index (κ3) is 3.18. The van der Waals surface area contributed by atoms with E-state index in [1.165, 1.54) is 11.3 Å². The van der Waals surface area contributed by atoms with Crippen molar-refractivity contribution in [2.75, 3.05) is 20.3 Å². The van der Waals surface area contributed by atoms with Gasteiger partial charge in [-0.3, -0.25) is 9.20 Å². The maximum Gasteiger partial charge on any atom is 0.261 e.